The van der Waals surface area contributed by atoms with E-state index >= 15 is 0 Å². The summed E-state index contributed by atoms with van der Waals surface area (Å²) in [6.45, 7) is 1.76. The number of imide groups is 2. The standard InChI is InChI=1S/C19H22N4O4.ClH/c1-20-11-6-8-22(9-7-11)12-2-3-13-14(10-12)19(27)23(18(13)26)15-4-5-16(24)21-17(15)25;/h2-3,10-11,15,20H,4-9H2,1H3,(H,21,24,25);1H. The fourth-order valence-electron chi connectivity index (χ4n) is 4.08. The molecule has 1 aromatic rings. The lowest BCUT2D eigenvalue weighted by Gasteiger charge is -2.33. The van der Waals surface area contributed by atoms with Gasteiger partial charge in [-0.15, -0.1) is 12.4 Å². The van der Waals surface area contributed by atoms with Crippen LogP contribution >= 0.6 is 12.4 Å². The first-order valence-electron chi connectivity index (χ1n) is 9.27. The number of nitrogens with one attached hydrogen (secondary N) is 2. The average Bonchev–Trinajstić information content (AvgIpc) is 2.92. The molecule has 1 unspecified atom stereocenters. The molecule has 1 atom stereocenters. The largest absolute Gasteiger partial charge is 0.371 e. The van der Waals surface area contributed by atoms with Crippen LogP contribution in [0.15, 0.2) is 18.2 Å². The van der Waals surface area contributed by atoms with E-state index in [2.05, 4.69) is 15.5 Å². The quantitative estimate of drug-likeness (QED) is 0.717. The molecule has 3 aliphatic rings. The van der Waals surface area contributed by atoms with E-state index < -0.39 is 23.8 Å². The predicted molar refractivity (Wildman–Crippen MR) is 105 cm³/mol. The number of amides is 4. The Bertz CT molecular complexity index is 835. The maximum Gasteiger partial charge on any atom is 0.262 e. The van der Waals surface area contributed by atoms with Crippen LogP contribution in [0.2, 0.25) is 0 Å². The molecule has 0 bridgehead atoms. The highest BCUT2D eigenvalue weighted by Gasteiger charge is 2.44. The van der Waals surface area contributed by atoms with Crippen LogP contribution < -0.4 is 15.5 Å². The summed E-state index contributed by atoms with van der Waals surface area (Å²) in [6.07, 6.45) is 2.32. The third-order valence-electron chi connectivity index (χ3n) is 5.69. The van der Waals surface area contributed by atoms with Gasteiger partial charge in [0.05, 0.1) is 11.1 Å². The highest BCUT2D eigenvalue weighted by molar-refractivity contribution is 6.23. The first-order chi connectivity index (χ1) is 13.0. The van der Waals surface area contributed by atoms with Crippen molar-refractivity contribution in [3.63, 3.8) is 0 Å². The number of piperidine rings is 2. The van der Waals surface area contributed by atoms with Gasteiger partial charge < -0.3 is 10.2 Å². The number of benzene rings is 1. The van der Waals surface area contributed by atoms with Gasteiger partial charge in [0.15, 0.2) is 0 Å². The number of halogens is 1. The number of rotatable bonds is 3. The van der Waals surface area contributed by atoms with Gasteiger partial charge in [-0.1, -0.05) is 0 Å². The van der Waals surface area contributed by atoms with E-state index in [1.54, 1.807) is 12.1 Å². The van der Waals surface area contributed by atoms with Crippen LogP contribution in [0, 0.1) is 0 Å². The number of carbonyl (C=O) groups is 4. The lowest BCUT2D eigenvalue weighted by molar-refractivity contribution is -0.136. The molecule has 0 saturated carbocycles. The van der Waals surface area contributed by atoms with Gasteiger partial charge >= 0.3 is 0 Å². The number of carbonyl (C=O) groups excluding carboxylic acids is 4. The monoisotopic (exact) mass is 406 g/mol. The zero-order valence-corrected chi connectivity index (χ0v) is 16.4. The lowest BCUT2D eigenvalue weighted by Crippen LogP contribution is -2.54. The highest BCUT2D eigenvalue weighted by atomic mass is 35.5. The molecule has 28 heavy (non-hydrogen) atoms. The predicted octanol–water partition coefficient (Wildman–Crippen LogP) is 0.698. The van der Waals surface area contributed by atoms with Gasteiger partial charge in [-0.3, -0.25) is 29.4 Å². The van der Waals surface area contributed by atoms with Crippen molar-refractivity contribution in [1.29, 1.82) is 0 Å². The summed E-state index contributed by atoms with van der Waals surface area (Å²) in [6, 6.07) is 4.85. The van der Waals surface area contributed by atoms with Crippen LogP contribution in [0.1, 0.15) is 46.4 Å². The molecule has 9 heteroatoms. The van der Waals surface area contributed by atoms with Crippen molar-refractivity contribution in [3.8, 4) is 0 Å². The summed E-state index contributed by atoms with van der Waals surface area (Å²) in [7, 11) is 1.96. The molecule has 150 valence electrons. The number of hydrogen-bond acceptors (Lipinski definition) is 6. The number of anilines is 1. The molecule has 4 rings (SSSR count). The minimum atomic E-state index is -0.926. The van der Waals surface area contributed by atoms with E-state index in [0.717, 1.165) is 36.5 Å². The van der Waals surface area contributed by atoms with Crippen molar-refractivity contribution >= 4 is 41.7 Å². The van der Waals surface area contributed by atoms with Gasteiger partial charge in [-0.05, 0) is 44.5 Å². The molecule has 4 amide bonds. The van der Waals surface area contributed by atoms with E-state index in [9.17, 15) is 19.2 Å². The van der Waals surface area contributed by atoms with Crippen molar-refractivity contribution < 1.29 is 19.2 Å². The summed E-state index contributed by atoms with van der Waals surface area (Å²) >= 11 is 0. The Hall–Kier alpha value is -2.45. The molecule has 3 heterocycles. The zero-order valence-electron chi connectivity index (χ0n) is 15.6. The second kappa shape index (κ2) is 7.89. The zero-order chi connectivity index (χ0) is 19.1. The van der Waals surface area contributed by atoms with Gasteiger partial charge in [-0.2, -0.15) is 0 Å². The molecule has 0 spiro atoms. The molecule has 0 aliphatic carbocycles. The minimum Gasteiger partial charge on any atom is -0.371 e. The molecule has 1 aromatic carbocycles. The second-order valence-electron chi connectivity index (χ2n) is 7.23. The molecule has 0 aromatic heterocycles. The number of hydrogen-bond donors (Lipinski definition) is 2. The van der Waals surface area contributed by atoms with Gasteiger partial charge in [0.25, 0.3) is 11.8 Å². The maximum absolute atomic E-state index is 12.9. The van der Waals surface area contributed by atoms with Crippen LogP contribution in [-0.4, -0.2) is 60.7 Å². The Balaban J connectivity index is 0.00000225. The molecule has 3 aliphatic heterocycles. The summed E-state index contributed by atoms with van der Waals surface area (Å²) in [5, 5.41) is 5.49. The number of nitrogens with zero attached hydrogens (tertiary/aromatic N) is 2. The van der Waals surface area contributed by atoms with Crippen LogP contribution in [0.25, 0.3) is 0 Å². The summed E-state index contributed by atoms with van der Waals surface area (Å²) in [4.78, 5) is 52.3. The van der Waals surface area contributed by atoms with Crippen LogP contribution in [-0.2, 0) is 9.59 Å². The van der Waals surface area contributed by atoms with Gasteiger partial charge in [0.1, 0.15) is 6.04 Å². The van der Waals surface area contributed by atoms with Crippen molar-refractivity contribution in [1.82, 2.24) is 15.5 Å². The molecular weight excluding hydrogens is 384 g/mol. The van der Waals surface area contributed by atoms with Crippen LogP contribution in [0.5, 0.6) is 0 Å². The van der Waals surface area contributed by atoms with Crippen LogP contribution in [0.4, 0.5) is 5.69 Å². The highest BCUT2D eigenvalue weighted by Crippen LogP contribution is 2.31. The summed E-state index contributed by atoms with van der Waals surface area (Å²) < 4.78 is 0. The SMILES string of the molecule is CNC1CCN(c2ccc3c(c2)C(=O)N(C2CCC(=O)NC2=O)C3=O)CC1.Cl. The molecular formula is C19H23ClN4O4. The normalized spacial score (nSPS) is 22.8. The average molecular weight is 407 g/mol. The van der Waals surface area contributed by atoms with Crippen molar-refractivity contribution in [2.75, 3.05) is 25.0 Å². The Morgan fingerprint density at radius 1 is 1.00 bits per heavy atom. The van der Waals surface area contributed by atoms with E-state index in [1.807, 2.05) is 13.1 Å². The van der Waals surface area contributed by atoms with Gasteiger partial charge in [0, 0.05) is 31.2 Å². The summed E-state index contributed by atoms with van der Waals surface area (Å²) in [5.74, 6) is -1.89. The molecule has 2 fully saturated rings. The number of fused-ring (bicyclic) bond motifs is 1. The fourth-order valence-corrected chi connectivity index (χ4v) is 4.08. The minimum absolute atomic E-state index is 0. The van der Waals surface area contributed by atoms with Crippen molar-refractivity contribution in [3.05, 3.63) is 29.3 Å². The fraction of sp³-hybridized carbons (Fsp3) is 0.474. The Morgan fingerprint density at radius 3 is 2.32 bits per heavy atom. The van der Waals surface area contributed by atoms with E-state index in [0.29, 0.717) is 17.2 Å². The first-order valence-corrected chi connectivity index (χ1v) is 9.27. The Kier molecular flexibility index (Phi) is 5.71. The smallest absolute Gasteiger partial charge is 0.262 e. The Labute approximate surface area is 169 Å². The molecule has 2 saturated heterocycles. The third-order valence-corrected chi connectivity index (χ3v) is 5.69. The van der Waals surface area contributed by atoms with Crippen molar-refractivity contribution in [2.45, 2.75) is 37.8 Å². The molecule has 2 N–H and O–H groups in total. The first kappa shape index (κ1) is 20.3. The van der Waals surface area contributed by atoms with E-state index in [-0.39, 0.29) is 31.2 Å². The second-order valence-corrected chi connectivity index (χ2v) is 7.23. The van der Waals surface area contributed by atoms with E-state index in [4.69, 9.17) is 0 Å². The van der Waals surface area contributed by atoms with Gasteiger partial charge in [-0.25, -0.2) is 0 Å². The topological polar surface area (TPSA) is 98.8 Å². The Morgan fingerprint density at radius 2 is 1.68 bits per heavy atom. The van der Waals surface area contributed by atoms with E-state index in [1.165, 1.54) is 0 Å². The van der Waals surface area contributed by atoms with Crippen LogP contribution in [0.3, 0.4) is 0 Å². The summed E-state index contributed by atoms with van der Waals surface area (Å²) in [5.41, 5.74) is 1.56. The lowest BCUT2D eigenvalue weighted by atomic mass is 10.0. The molecule has 0 radical (unpaired) electrons. The van der Waals surface area contributed by atoms with Gasteiger partial charge in [0.2, 0.25) is 11.8 Å². The maximum atomic E-state index is 12.9. The van der Waals surface area contributed by atoms with Crippen molar-refractivity contribution in [2.24, 2.45) is 0 Å². The third kappa shape index (κ3) is 3.38. The molecule has 8 nitrogen and oxygen atoms in total.